The topological polar surface area (TPSA) is 62.4 Å². The molecule has 2 aliphatic rings. The van der Waals surface area contributed by atoms with Gasteiger partial charge in [-0.25, -0.2) is 0 Å². The van der Waals surface area contributed by atoms with Crippen LogP contribution >= 0.6 is 11.6 Å². The number of hydrogen-bond acceptors (Lipinski definition) is 4. The van der Waals surface area contributed by atoms with Crippen molar-refractivity contribution < 1.29 is 12.6 Å². The molecule has 24 heavy (non-hydrogen) atoms. The van der Waals surface area contributed by atoms with Gasteiger partial charge in [-0.05, 0) is 43.0 Å². The van der Waals surface area contributed by atoms with Gasteiger partial charge in [0.25, 0.3) is 10.1 Å². The van der Waals surface area contributed by atoms with Crippen LogP contribution in [0.2, 0.25) is 5.15 Å². The van der Waals surface area contributed by atoms with Gasteiger partial charge in [0.1, 0.15) is 5.15 Å². The maximum absolute atomic E-state index is 11.3. The highest BCUT2D eigenvalue weighted by Crippen LogP contribution is 2.46. The second-order valence-corrected chi connectivity index (χ2v) is 9.12. The molecular formula is C17H21ClN2O3S. The minimum absolute atomic E-state index is 0.206. The van der Waals surface area contributed by atoms with Crippen molar-refractivity contribution >= 4 is 32.6 Å². The molecule has 5 nitrogen and oxygen atoms in total. The standard InChI is InChI=1S/C17H21ClN2O3S/c1-20-8-10(9-23-24(2,21)22)6-12-11-4-3-5-14-16(11)13(7-15(12)20)17(18)19-14/h3-5,10,12,15,19H,6-9H2,1-2H3/t10?,12?,15-/m1/s1. The average Bonchev–Trinajstić information content (AvgIpc) is 2.83. The number of hydrogen-bond donors (Lipinski definition) is 1. The van der Waals surface area contributed by atoms with Crippen LogP contribution in [0.4, 0.5) is 0 Å². The number of nitrogens with one attached hydrogen (secondary N) is 1. The first kappa shape index (κ1) is 16.4. The lowest BCUT2D eigenvalue weighted by atomic mass is 9.72. The minimum atomic E-state index is -3.40. The van der Waals surface area contributed by atoms with Crippen LogP contribution in [0.5, 0.6) is 0 Å². The highest BCUT2D eigenvalue weighted by molar-refractivity contribution is 7.85. The number of halogens is 1. The fourth-order valence-electron chi connectivity index (χ4n) is 4.44. The highest BCUT2D eigenvalue weighted by atomic mass is 35.5. The number of H-pyrrole nitrogens is 1. The van der Waals surface area contributed by atoms with Crippen LogP contribution < -0.4 is 0 Å². The number of piperidine rings is 1. The van der Waals surface area contributed by atoms with Crippen molar-refractivity contribution in [1.82, 2.24) is 9.88 Å². The second kappa shape index (κ2) is 5.73. The molecule has 7 heteroatoms. The predicted molar refractivity (Wildman–Crippen MR) is 95.1 cm³/mol. The van der Waals surface area contributed by atoms with Crippen LogP contribution in [0.15, 0.2) is 18.2 Å². The lowest BCUT2D eigenvalue weighted by Gasteiger charge is -2.45. The number of aromatic amines is 1. The molecule has 1 aliphatic heterocycles. The molecule has 1 N–H and O–H groups in total. The Labute approximate surface area is 147 Å². The summed E-state index contributed by atoms with van der Waals surface area (Å²) in [7, 11) is -1.29. The molecule has 2 unspecified atom stereocenters. The summed E-state index contributed by atoms with van der Waals surface area (Å²) < 4.78 is 27.7. The lowest BCUT2D eigenvalue weighted by molar-refractivity contribution is 0.0857. The van der Waals surface area contributed by atoms with Gasteiger partial charge in [0.2, 0.25) is 0 Å². The first-order valence-corrected chi connectivity index (χ1v) is 10.4. The summed E-state index contributed by atoms with van der Waals surface area (Å²) in [5.74, 6) is 0.581. The highest BCUT2D eigenvalue weighted by Gasteiger charge is 2.40. The van der Waals surface area contributed by atoms with Gasteiger partial charge < -0.3 is 9.88 Å². The van der Waals surface area contributed by atoms with Crippen molar-refractivity contribution in [3.63, 3.8) is 0 Å². The number of benzene rings is 1. The van der Waals surface area contributed by atoms with Crippen molar-refractivity contribution in [2.75, 3.05) is 26.5 Å². The maximum Gasteiger partial charge on any atom is 0.264 e. The summed E-state index contributed by atoms with van der Waals surface area (Å²) in [5.41, 5.74) is 3.61. The van der Waals surface area contributed by atoms with Gasteiger partial charge >= 0.3 is 0 Å². The number of aromatic nitrogens is 1. The van der Waals surface area contributed by atoms with Gasteiger partial charge in [-0.1, -0.05) is 23.7 Å². The Hall–Kier alpha value is -1.08. The molecule has 0 bridgehead atoms. The van der Waals surface area contributed by atoms with Crippen molar-refractivity contribution in [2.45, 2.75) is 24.8 Å². The fourth-order valence-corrected chi connectivity index (χ4v) is 5.15. The molecule has 0 spiro atoms. The van der Waals surface area contributed by atoms with Crippen LogP contribution in [0.3, 0.4) is 0 Å². The Balaban J connectivity index is 1.69. The van der Waals surface area contributed by atoms with Crippen LogP contribution in [0, 0.1) is 5.92 Å². The van der Waals surface area contributed by atoms with E-state index < -0.39 is 10.1 Å². The first-order valence-electron chi connectivity index (χ1n) is 8.17. The molecule has 2 heterocycles. The molecule has 1 aliphatic carbocycles. The molecule has 2 aromatic rings. The molecule has 3 atom stereocenters. The molecule has 0 amide bonds. The van der Waals surface area contributed by atoms with E-state index in [0.29, 0.717) is 12.0 Å². The number of likely N-dealkylation sites (tertiary alicyclic amines) is 1. The van der Waals surface area contributed by atoms with E-state index in [2.05, 4.69) is 35.1 Å². The monoisotopic (exact) mass is 368 g/mol. The molecule has 1 aromatic heterocycles. The Bertz CT molecular complexity index is 893. The SMILES string of the molecule is CN1CC(COS(C)(=O)=O)CC2c3cccc4[nH]c(Cl)c(c34)C[C@H]21. The molecule has 1 saturated heterocycles. The third-order valence-corrected chi connectivity index (χ3v) is 6.29. The lowest BCUT2D eigenvalue weighted by Crippen LogP contribution is -2.48. The normalized spacial score (nSPS) is 27.4. The summed E-state index contributed by atoms with van der Waals surface area (Å²) in [6, 6.07) is 6.70. The average molecular weight is 369 g/mol. The summed E-state index contributed by atoms with van der Waals surface area (Å²) in [6.07, 6.45) is 2.97. The smallest absolute Gasteiger partial charge is 0.264 e. The van der Waals surface area contributed by atoms with E-state index in [4.69, 9.17) is 15.8 Å². The van der Waals surface area contributed by atoms with E-state index in [1.807, 2.05) is 0 Å². The van der Waals surface area contributed by atoms with Gasteiger partial charge in [-0.2, -0.15) is 8.42 Å². The Morgan fingerprint density at radius 3 is 2.96 bits per heavy atom. The zero-order chi connectivity index (χ0) is 17.1. The molecule has 1 aromatic carbocycles. The van der Waals surface area contributed by atoms with Crippen LogP contribution in [0.25, 0.3) is 10.9 Å². The van der Waals surface area contributed by atoms with E-state index in [1.165, 1.54) is 16.5 Å². The quantitative estimate of drug-likeness (QED) is 0.846. The van der Waals surface area contributed by atoms with E-state index >= 15 is 0 Å². The Morgan fingerprint density at radius 2 is 2.21 bits per heavy atom. The third-order valence-electron chi connectivity index (χ3n) is 5.40. The van der Waals surface area contributed by atoms with E-state index in [1.54, 1.807) is 0 Å². The predicted octanol–water partition coefficient (Wildman–Crippen LogP) is 2.76. The number of fused-ring (bicyclic) bond motifs is 2. The number of likely N-dealkylation sites (N-methyl/N-ethyl adjacent to an activating group) is 1. The summed E-state index contributed by atoms with van der Waals surface area (Å²) in [6.45, 7) is 1.09. The zero-order valence-corrected chi connectivity index (χ0v) is 15.3. The number of nitrogens with zero attached hydrogens (tertiary/aromatic N) is 1. The first-order chi connectivity index (χ1) is 11.3. The second-order valence-electron chi connectivity index (χ2n) is 7.10. The van der Waals surface area contributed by atoms with E-state index in [0.717, 1.165) is 36.3 Å². The summed E-state index contributed by atoms with van der Waals surface area (Å²) >= 11 is 6.42. The molecule has 0 radical (unpaired) electrons. The molecule has 0 saturated carbocycles. The molecule has 130 valence electrons. The van der Waals surface area contributed by atoms with E-state index in [-0.39, 0.29) is 12.5 Å². The van der Waals surface area contributed by atoms with Crippen LogP contribution in [0.1, 0.15) is 23.5 Å². The fraction of sp³-hybridized carbons (Fsp3) is 0.529. The Kier molecular flexibility index (Phi) is 3.91. The van der Waals surface area contributed by atoms with E-state index in [9.17, 15) is 8.42 Å². The van der Waals surface area contributed by atoms with Crippen molar-refractivity contribution in [2.24, 2.45) is 5.92 Å². The summed E-state index contributed by atoms with van der Waals surface area (Å²) in [5, 5.41) is 1.99. The summed E-state index contributed by atoms with van der Waals surface area (Å²) in [4.78, 5) is 5.61. The van der Waals surface area contributed by atoms with Crippen LogP contribution in [-0.2, 0) is 20.7 Å². The number of rotatable bonds is 3. The Morgan fingerprint density at radius 1 is 1.42 bits per heavy atom. The van der Waals surface area contributed by atoms with Gasteiger partial charge in [0, 0.05) is 29.4 Å². The minimum Gasteiger partial charge on any atom is -0.345 e. The molecule has 4 rings (SSSR count). The van der Waals surface area contributed by atoms with Crippen molar-refractivity contribution in [1.29, 1.82) is 0 Å². The van der Waals surface area contributed by atoms with Gasteiger partial charge in [-0.3, -0.25) is 4.18 Å². The molecule has 1 fully saturated rings. The zero-order valence-electron chi connectivity index (χ0n) is 13.8. The van der Waals surface area contributed by atoms with Gasteiger partial charge in [0.15, 0.2) is 0 Å². The third kappa shape index (κ3) is 2.75. The molecular weight excluding hydrogens is 348 g/mol. The van der Waals surface area contributed by atoms with Crippen molar-refractivity contribution in [3.05, 3.63) is 34.5 Å². The largest absolute Gasteiger partial charge is 0.345 e. The van der Waals surface area contributed by atoms with Crippen molar-refractivity contribution in [3.8, 4) is 0 Å². The van der Waals surface area contributed by atoms with Gasteiger partial charge in [-0.15, -0.1) is 0 Å². The van der Waals surface area contributed by atoms with Gasteiger partial charge in [0.05, 0.1) is 12.9 Å². The van der Waals surface area contributed by atoms with Crippen LogP contribution in [-0.4, -0.2) is 50.8 Å². The maximum atomic E-state index is 11.3.